The number of carboxylic acid groups (broad SMARTS) is 1. The van der Waals surface area contributed by atoms with E-state index in [4.69, 9.17) is 5.11 Å². The fourth-order valence-electron chi connectivity index (χ4n) is 1.89. The molecule has 1 aromatic carbocycles. The molecule has 8 heteroatoms. The summed E-state index contributed by atoms with van der Waals surface area (Å²) in [5, 5.41) is 8.58. The summed E-state index contributed by atoms with van der Waals surface area (Å²) >= 11 is 0. The predicted molar refractivity (Wildman–Crippen MR) is 77.5 cm³/mol. The summed E-state index contributed by atoms with van der Waals surface area (Å²) in [5.74, 6) is -3.28. The zero-order valence-electron chi connectivity index (χ0n) is 12.3. The van der Waals surface area contributed by atoms with Crippen molar-refractivity contribution in [2.45, 2.75) is 18.2 Å². The molecule has 6 nitrogen and oxygen atoms in total. The van der Waals surface area contributed by atoms with Gasteiger partial charge in [-0.1, -0.05) is 6.92 Å². The van der Waals surface area contributed by atoms with Gasteiger partial charge in [0.15, 0.2) is 9.84 Å². The van der Waals surface area contributed by atoms with E-state index in [1.54, 1.807) is 0 Å². The van der Waals surface area contributed by atoms with Crippen LogP contribution in [0.3, 0.4) is 0 Å². The van der Waals surface area contributed by atoms with Crippen LogP contribution in [0.1, 0.15) is 13.3 Å². The van der Waals surface area contributed by atoms with Crippen molar-refractivity contribution in [3.63, 3.8) is 0 Å². The number of rotatable bonds is 7. The number of sulfone groups is 1. The van der Waals surface area contributed by atoms with Crippen molar-refractivity contribution < 1.29 is 27.5 Å². The largest absolute Gasteiger partial charge is 0.481 e. The molecule has 0 saturated heterocycles. The number of amides is 1. The third-order valence-electron chi connectivity index (χ3n) is 3.10. The van der Waals surface area contributed by atoms with Gasteiger partial charge in [0.05, 0.1) is 17.1 Å². The van der Waals surface area contributed by atoms with E-state index in [0.717, 1.165) is 24.3 Å². The first-order valence-corrected chi connectivity index (χ1v) is 8.24. The SMILES string of the molecule is CC(CS(=O)(=O)c1ccc(F)cc1)C(=O)N(C)CCC(=O)O. The van der Waals surface area contributed by atoms with E-state index in [1.807, 2.05) is 0 Å². The third-order valence-corrected chi connectivity index (χ3v) is 5.03. The Labute approximate surface area is 128 Å². The van der Waals surface area contributed by atoms with Crippen LogP contribution in [-0.4, -0.2) is 49.6 Å². The van der Waals surface area contributed by atoms with Crippen LogP contribution in [0.2, 0.25) is 0 Å². The average Bonchev–Trinajstić information content (AvgIpc) is 2.43. The number of nitrogens with zero attached hydrogens (tertiary/aromatic N) is 1. The lowest BCUT2D eigenvalue weighted by molar-refractivity contribution is -0.138. The van der Waals surface area contributed by atoms with Crippen molar-refractivity contribution in [3.8, 4) is 0 Å². The summed E-state index contributed by atoms with van der Waals surface area (Å²) in [7, 11) is -2.29. The first-order valence-electron chi connectivity index (χ1n) is 6.58. The first kappa shape index (κ1) is 18.1. The molecule has 0 saturated carbocycles. The minimum absolute atomic E-state index is 0.00903. The van der Waals surface area contributed by atoms with Gasteiger partial charge in [-0.05, 0) is 24.3 Å². The highest BCUT2D eigenvalue weighted by Gasteiger charge is 2.25. The van der Waals surface area contributed by atoms with Gasteiger partial charge in [0.1, 0.15) is 5.82 Å². The van der Waals surface area contributed by atoms with Crippen molar-refractivity contribution in [2.24, 2.45) is 5.92 Å². The molecule has 0 aliphatic rings. The van der Waals surface area contributed by atoms with Crippen molar-refractivity contribution >= 4 is 21.7 Å². The molecular weight excluding hydrogens is 313 g/mol. The maximum absolute atomic E-state index is 12.8. The highest BCUT2D eigenvalue weighted by molar-refractivity contribution is 7.91. The highest BCUT2D eigenvalue weighted by Crippen LogP contribution is 2.16. The summed E-state index contributed by atoms with van der Waals surface area (Å²) in [6.07, 6.45) is -0.209. The molecule has 0 spiro atoms. The molecule has 1 rings (SSSR count). The maximum atomic E-state index is 12.8. The van der Waals surface area contributed by atoms with Gasteiger partial charge in [-0.3, -0.25) is 9.59 Å². The van der Waals surface area contributed by atoms with Gasteiger partial charge in [0.2, 0.25) is 5.91 Å². The van der Waals surface area contributed by atoms with Gasteiger partial charge < -0.3 is 10.0 Å². The number of hydrogen-bond acceptors (Lipinski definition) is 4. The molecule has 0 heterocycles. The van der Waals surface area contributed by atoms with Crippen molar-refractivity contribution in [1.82, 2.24) is 4.90 Å². The minimum atomic E-state index is -3.72. The molecule has 0 aliphatic heterocycles. The van der Waals surface area contributed by atoms with Crippen LogP contribution in [0.25, 0.3) is 0 Å². The Bertz CT molecular complexity index is 642. The lowest BCUT2D eigenvalue weighted by Crippen LogP contribution is -2.36. The summed E-state index contributed by atoms with van der Waals surface area (Å²) in [5.41, 5.74) is 0. The summed E-state index contributed by atoms with van der Waals surface area (Å²) in [6.45, 7) is 1.47. The average molecular weight is 331 g/mol. The van der Waals surface area contributed by atoms with Crippen LogP contribution >= 0.6 is 0 Å². The Morgan fingerprint density at radius 3 is 2.32 bits per heavy atom. The Hall–Kier alpha value is -1.96. The lowest BCUT2D eigenvalue weighted by Gasteiger charge is -2.20. The lowest BCUT2D eigenvalue weighted by atomic mass is 10.2. The fourth-order valence-corrected chi connectivity index (χ4v) is 3.43. The second-order valence-corrected chi connectivity index (χ2v) is 7.07. The van der Waals surface area contributed by atoms with Crippen LogP contribution in [0, 0.1) is 11.7 Å². The van der Waals surface area contributed by atoms with Crippen molar-refractivity contribution in [2.75, 3.05) is 19.3 Å². The molecule has 1 N–H and O–H groups in total. The summed E-state index contributed by atoms with van der Waals surface area (Å²) in [4.78, 5) is 23.6. The first-order chi connectivity index (χ1) is 10.1. The fraction of sp³-hybridized carbons (Fsp3) is 0.429. The van der Waals surface area contributed by atoms with E-state index < -0.39 is 39.2 Å². The van der Waals surface area contributed by atoms with Crippen LogP contribution in [0.4, 0.5) is 4.39 Å². The predicted octanol–water partition coefficient (Wildman–Crippen LogP) is 1.17. The van der Waals surface area contributed by atoms with Gasteiger partial charge in [0.25, 0.3) is 0 Å². The highest BCUT2D eigenvalue weighted by atomic mass is 32.2. The van der Waals surface area contributed by atoms with Crippen molar-refractivity contribution in [3.05, 3.63) is 30.1 Å². The van der Waals surface area contributed by atoms with Gasteiger partial charge >= 0.3 is 5.97 Å². The summed E-state index contributed by atoms with van der Waals surface area (Å²) in [6, 6.07) is 4.38. The molecule has 0 aliphatic carbocycles. The second kappa shape index (κ2) is 7.35. The Kier molecular flexibility index (Phi) is 6.04. The Morgan fingerprint density at radius 1 is 1.27 bits per heavy atom. The molecule has 122 valence electrons. The summed E-state index contributed by atoms with van der Waals surface area (Å²) < 4.78 is 37.1. The molecule has 0 aromatic heterocycles. The minimum Gasteiger partial charge on any atom is -0.481 e. The Balaban J connectivity index is 2.73. The molecule has 0 fully saturated rings. The van der Waals surface area contributed by atoms with E-state index in [-0.39, 0.29) is 17.9 Å². The number of carbonyl (C=O) groups excluding carboxylic acids is 1. The van der Waals surface area contributed by atoms with E-state index in [2.05, 4.69) is 0 Å². The molecule has 1 atom stereocenters. The molecular formula is C14H18FNO5S. The van der Waals surface area contributed by atoms with E-state index in [9.17, 15) is 22.4 Å². The molecule has 0 bridgehead atoms. The topological polar surface area (TPSA) is 91.8 Å². The number of hydrogen-bond donors (Lipinski definition) is 1. The van der Waals surface area contributed by atoms with E-state index >= 15 is 0 Å². The van der Waals surface area contributed by atoms with Gasteiger partial charge in [-0.25, -0.2) is 12.8 Å². The van der Waals surface area contributed by atoms with Gasteiger partial charge in [-0.15, -0.1) is 0 Å². The Morgan fingerprint density at radius 2 is 1.82 bits per heavy atom. The molecule has 1 amide bonds. The number of carboxylic acids is 1. The van der Waals surface area contributed by atoms with E-state index in [1.165, 1.54) is 18.9 Å². The monoisotopic (exact) mass is 331 g/mol. The van der Waals surface area contributed by atoms with Gasteiger partial charge in [-0.2, -0.15) is 0 Å². The second-order valence-electron chi connectivity index (χ2n) is 5.04. The van der Waals surface area contributed by atoms with Crippen LogP contribution in [0.5, 0.6) is 0 Å². The normalized spacial score (nSPS) is 12.7. The van der Waals surface area contributed by atoms with Crippen LogP contribution in [-0.2, 0) is 19.4 Å². The van der Waals surface area contributed by atoms with Gasteiger partial charge in [0, 0.05) is 19.5 Å². The maximum Gasteiger partial charge on any atom is 0.305 e. The number of benzene rings is 1. The number of carbonyl (C=O) groups is 2. The quantitative estimate of drug-likeness (QED) is 0.757. The molecule has 0 radical (unpaired) electrons. The smallest absolute Gasteiger partial charge is 0.305 e. The van der Waals surface area contributed by atoms with Crippen LogP contribution in [0.15, 0.2) is 29.2 Å². The van der Waals surface area contributed by atoms with Crippen molar-refractivity contribution in [1.29, 1.82) is 0 Å². The number of aliphatic carboxylic acids is 1. The molecule has 1 aromatic rings. The zero-order chi connectivity index (χ0) is 16.9. The molecule has 1 unspecified atom stereocenters. The van der Waals surface area contributed by atoms with Crippen LogP contribution < -0.4 is 0 Å². The van der Waals surface area contributed by atoms with E-state index in [0.29, 0.717) is 0 Å². The third kappa shape index (κ3) is 5.10. The standard InChI is InChI=1S/C14H18FNO5S/c1-10(14(19)16(2)8-7-13(17)18)9-22(20,21)12-5-3-11(15)4-6-12/h3-6,10H,7-9H2,1-2H3,(H,17,18). The molecule has 22 heavy (non-hydrogen) atoms. The zero-order valence-corrected chi connectivity index (χ0v) is 13.1. The number of halogens is 1.